The number of hydrogen-bond donors (Lipinski definition) is 1. The molecule has 0 saturated heterocycles. The predicted molar refractivity (Wildman–Crippen MR) is 87.6 cm³/mol. The molecule has 0 atom stereocenters. The fraction of sp³-hybridized carbons (Fsp3) is 0. The summed E-state index contributed by atoms with van der Waals surface area (Å²) in [6.07, 6.45) is 3.65. The Kier molecular flexibility index (Phi) is 3.72. The topological polar surface area (TPSA) is 81.9 Å². The smallest absolute Gasteiger partial charge is 0.141 e. The quantitative estimate of drug-likeness (QED) is 0.415. The van der Waals surface area contributed by atoms with Gasteiger partial charge in [0.1, 0.15) is 11.3 Å². The van der Waals surface area contributed by atoms with Crippen molar-refractivity contribution in [1.29, 1.82) is 0 Å². The summed E-state index contributed by atoms with van der Waals surface area (Å²) >= 11 is 0. The Morgan fingerprint density at radius 3 is 2.73 bits per heavy atom. The molecule has 2 aromatic carbocycles. The highest BCUT2D eigenvalue weighted by molar-refractivity contribution is 5.86. The molecule has 5 nitrogen and oxygen atoms in total. The molecule has 0 spiro atoms. The first-order chi connectivity index (χ1) is 10.8. The van der Waals surface area contributed by atoms with E-state index in [1.807, 2.05) is 48.6 Å². The lowest BCUT2D eigenvalue weighted by atomic mass is 10.1. The van der Waals surface area contributed by atoms with Gasteiger partial charge in [0.05, 0.1) is 5.69 Å². The maximum atomic E-state index is 9.85. The molecule has 0 radical (unpaired) electrons. The number of benzene rings is 2. The number of phenols is 1. The van der Waals surface area contributed by atoms with Crippen molar-refractivity contribution in [2.75, 3.05) is 0 Å². The van der Waals surface area contributed by atoms with Crippen LogP contribution in [0.15, 0.2) is 59.7 Å². The minimum Gasteiger partial charge on any atom is -0.506 e. The minimum atomic E-state index is 0.155. The van der Waals surface area contributed by atoms with Crippen molar-refractivity contribution < 1.29 is 5.11 Å². The SMILES string of the molecule is [N-]=[N+]=Nc1ccccc1C=Cc1ccc2cccc(O)c2n1. The first kappa shape index (κ1) is 13.7. The predicted octanol–water partition coefficient (Wildman–Crippen LogP) is 5.05. The van der Waals surface area contributed by atoms with E-state index in [2.05, 4.69) is 15.0 Å². The highest BCUT2D eigenvalue weighted by atomic mass is 16.3. The molecular formula is C17H12N4O. The Labute approximate surface area is 126 Å². The maximum Gasteiger partial charge on any atom is 0.141 e. The molecule has 106 valence electrons. The lowest BCUT2D eigenvalue weighted by molar-refractivity contribution is 0.480. The lowest BCUT2D eigenvalue weighted by Gasteiger charge is -2.02. The number of nitrogens with zero attached hydrogens (tertiary/aromatic N) is 4. The first-order valence-corrected chi connectivity index (χ1v) is 6.69. The molecule has 0 unspecified atom stereocenters. The van der Waals surface area contributed by atoms with E-state index in [1.165, 1.54) is 0 Å². The number of aromatic hydroxyl groups is 1. The van der Waals surface area contributed by atoms with Crippen LogP contribution in [0.4, 0.5) is 5.69 Å². The molecule has 0 aliphatic rings. The van der Waals surface area contributed by atoms with Gasteiger partial charge in [-0.3, -0.25) is 0 Å². The molecule has 0 fully saturated rings. The Bertz CT molecular complexity index is 911. The summed E-state index contributed by atoms with van der Waals surface area (Å²) in [5, 5.41) is 14.4. The van der Waals surface area contributed by atoms with Crippen LogP contribution in [-0.4, -0.2) is 10.1 Å². The number of hydrogen-bond acceptors (Lipinski definition) is 3. The van der Waals surface area contributed by atoms with Crippen molar-refractivity contribution in [2.45, 2.75) is 0 Å². The third-order valence-corrected chi connectivity index (χ3v) is 3.24. The van der Waals surface area contributed by atoms with E-state index in [9.17, 15) is 5.11 Å². The molecule has 0 aliphatic carbocycles. The van der Waals surface area contributed by atoms with E-state index in [0.717, 1.165) is 10.9 Å². The normalized spacial score (nSPS) is 10.7. The van der Waals surface area contributed by atoms with Gasteiger partial charge in [0, 0.05) is 16.0 Å². The van der Waals surface area contributed by atoms with Gasteiger partial charge < -0.3 is 5.11 Å². The molecule has 1 heterocycles. The molecule has 5 heteroatoms. The zero-order valence-corrected chi connectivity index (χ0v) is 11.6. The van der Waals surface area contributed by atoms with E-state index in [4.69, 9.17) is 5.53 Å². The Balaban J connectivity index is 1.99. The third-order valence-electron chi connectivity index (χ3n) is 3.24. The molecule has 0 bridgehead atoms. The fourth-order valence-electron chi connectivity index (χ4n) is 2.18. The second-order valence-corrected chi connectivity index (χ2v) is 4.67. The van der Waals surface area contributed by atoms with Crippen LogP contribution in [0.3, 0.4) is 0 Å². The maximum absolute atomic E-state index is 9.85. The summed E-state index contributed by atoms with van der Waals surface area (Å²) in [5.74, 6) is 0.155. The fourth-order valence-corrected chi connectivity index (χ4v) is 2.18. The largest absolute Gasteiger partial charge is 0.506 e. The molecule has 22 heavy (non-hydrogen) atoms. The second kappa shape index (κ2) is 5.99. The van der Waals surface area contributed by atoms with Gasteiger partial charge in [-0.1, -0.05) is 53.7 Å². The van der Waals surface area contributed by atoms with E-state index in [0.29, 0.717) is 16.9 Å². The Morgan fingerprint density at radius 2 is 1.86 bits per heavy atom. The minimum absolute atomic E-state index is 0.155. The Morgan fingerprint density at radius 1 is 1.00 bits per heavy atom. The number of rotatable bonds is 3. The van der Waals surface area contributed by atoms with E-state index < -0.39 is 0 Å². The summed E-state index contributed by atoms with van der Waals surface area (Å²) < 4.78 is 0. The standard InChI is InChI=1S/C17H12N4O/c18-21-20-15-6-2-1-4-12(15)8-10-14-11-9-13-5-3-7-16(22)17(13)19-14/h1-11,22H. The number of phenolic OH excluding ortho intramolecular Hbond substituents is 1. The van der Waals surface area contributed by atoms with Gasteiger partial charge in [0.2, 0.25) is 0 Å². The van der Waals surface area contributed by atoms with Gasteiger partial charge >= 0.3 is 0 Å². The average molecular weight is 288 g/mol. The first-order valence-electron chi connectivity index (χ1n) is 6.69. The summed E-state index contributed by atoms with van der Waals surface area (Å²) in [4.78, 5) is 7.24. The van der Waals surface area contributed by atoms with Crippen molar-refractivity contribution in [1.82, 2.24) is 4.98 Å². The van der Waals surface area contributed by atoms with Crippen LogP contribution in [0, 0.1) is 0 Å². The van der Waals surface area contributed by atoms with Crippen LogP contribution in [-0.2, 0) is 0 Å². The van der Waals surface area contributed by atoms with Crippen LogP contribution < -0.4 is 0 Å². The number of aromatic nitrogens is 1. The van der Waals surface area contributed by atoms with Crippen LogP contribution >= 0.6 is 0 Å². The van der Waals surface area contributed by atoms with Crippen molar-refractivity contribution in [3.63, 3.8) is 0 Å². The van der Waals surface area contributed by atoms with Crippen LogP contribution in [0.1, 0.15) is 11.3 Å². The lowest BCUT2D eigenvalue weighted by Crippen LogP contribution is -1.84. The monoisotopic (exact) mass is 288 g/mol. The van der Waals surface area contributed by atoms with E-state index >= 15 is 0 Å². The molecule has 0 amide bonds. The number of azide groups is 1. The highest BCUT2D eigenvalue weighted by Crippen LogP contribution is 2.24. The summed E-state index contributed by atoms with van der Waals surface area (Å²) in [6.45, 7) is 0. The van der Waals surface area contributed by atoms with E-state index in [-0.39, 0.29) is 5.75 Å². The molecule has 3 rings (SSSR count). The van der Waals surface area contributed by atoms with Gasteiger partial charge in [-0.15, -0.1) is 0 Å². The zero-order chi connectivity index (χ0) is 15.4. The van der Waals surface area contributed by atoms with Crippen molar-refractivity contribution in [2.24, 2.45) is 5.11 Å². The summed E-state index contributed by atoms with van der Waals surface area (Å²) in [5.41, 5.74) is 11.2. The molecular weight excluding hydrogens is 276 g/mol. The molecule has 1 aromatic heterocycles. The van der Waals surface area contributed by atoms with Gasteiger partial charge in [0.15, 0.2) is 0 Å². The van der Waals surface area contributed by atoms with Gasteiger partial charge in [0.25, 0.3) is 0 Å². The summed E-state index contributed by atoms with van der Waals surface area (Å²) in [6, 6.07) is 16.4. The zero-order valence-electron chi connectivity index (χ0n) is 11.6. The van der Waals surface area contributed by atoms with Crippen LogP contribution in [0.5, 0.6) is 5.75 Å². The average Bonchev–Trinajstić information content (AvgIpc) is 2.55. The summed E-state index contributed by atoms with van der Waals surface area (Å²) in [7, 11) is 0. The van der Waals surface area contributed by atoms with Crippen molar-refractivity contribution >= 4 is 28.7 Å². The highest BCUT2D eigenvalue weighted by Gasteiger charge is 2.01. The molecule has 0 aliphatic heterocycles. The van der Waals surface area contributed by atoms with E-state index in [1.54, 1.807) is 18.2 Å². The van der Waals surface area contributed by atoms with Crippen molar-refractivity contribution in [3.05, 3.63) is 76.3 Å². The van der Waals surface area contributed by atoms with Crippen molar-refractivity contribution in [3.8, 4) is 5.75 Å². The van der Waals surface area contributed by atoms with Crippen LogP contribution in [0.2, 0.25) is 0 Å². The molecule has 0 saturated carbocycles. The van der Waals surface area contributed by atoms with Crippen LogP contribution in [0.25, 0.3) is 33.5 Å². The number of pyridine rings is 1. The number of fused-ring (bicyclic) bond motifs is 1. The Hall–Kier alpha value is -3.30. The van der Waals surface area contributed by atoms with Gasteiger partial charge in [-0.2, -0.15) is 0 Å². The second-order valence-electron chi connectivity index (χ2n) is 4.67. The third kappa shape index (κ3) is 2.75. The van der Waals surface area contributed by atoms with Gasteiger partial charge in [-0.25, -0.2) is 4.98 Å². The van der Waals surface area contributed by atoms with Gasteiger partial charge in [-0.05, 0) is 29.3 Å². The molecule has 3 aromatic rings. The number of para-hydroxylation sites is 1. The molecule has 1 N–H and O–H groups in total.